The molecule has 0 saturated carbocycles. The molecule has 0 bridgehead atoms. The van der Waals surface area contributed by atoms with Crippen LogP contribution in [0.15, 0.2) is 78.9 Å². The topological polar surface area (TPSA) is 39.7 Å². The molecule has 0 aromatic heterocycles. The standard InChI is InChI=1S/C28H35NO3/c1-2-3-4-5-11-19-30-27-17-12-14-25(22-27)29-23-24-13-9-10-18-28(24)32-21-20-31-26-15-7-6-8-16-26/h6-10,12-18,22,29H,2-5,11,19-21,23H2,1H3. The van der Waals surface area contributed by atoms with Gasteiger partial charge in [-0.15, -0.1) is 0 Å². The van der Waals surface area contributed by atoms with E-state index in [9.17, 15) is 0 Å². The van der Waals surface area contributed by atoms with Gasteiger partial charge in [0.1, 0.15) is 30.5 Å². The van der Waals surface area contributed by atoms with Crippen LogP contribution in [0.2, 0.25) is 0 Å². The summed E-state index contributed by atoms with van der Waals surface area (Å²) in [6, 6.07) is 26.1. The Bertz CT molecular complexity index is 898. The van der Waals surface area contributed by atoms with Crippen molar-refractivity contribution in [2.45, 2.75) is 45.6 Å². The van der Waals surface area contributed by atoms with Crippen LogP contribution in [0.25, 0.3) is 0 Å². The molecular weight excluding hydrogens is 398 g/mol. The second-order valence-corrected chi connectivity index (χ2v) is 7.76. The molecule has 0 unspecified atom stereocenters. The minimum absolute atomic E-state index is 0.494. The van der Waals surface area contributed by atoms with Gasteiger partial charge < -0.3 is 19.5 Å². The Morgan fingerprint density at radius 1 is 0.625 bits per heavy atom. The fourth-order valence-corrected chi connectivity index (χ4v) is 3.41. The molecule has 0 atom stereocenters. The van der Waals surface area contributed by atoms with E-state index in [1.54, 1.807) is 0 Å². The van der Waals surface area contributed by atoms with Crippen molar-refractivity contribution in [3.63, 3.8) is 0 Å². The highest BCUT2D eigenvalue weighted by atomic mass is 16.5. The van der Waals surface area contributed by atoms with E-state index in [-0.39, 0.29) is 0 Å². The maximum absolute atomic E-state index is 5.97. The van der Waals surface area contributed by atoms with Crippen LogP contribution < -0.4 is 19.5 Å². The molecule has 0 heterocycles. The van der Waals surface area contributed by atoms with Crippen molar-refractivity contribution in [2.75, 3.05) is 25.1 Å². The number of unbranched alkanes of at least 4 members (excludes halogenated alkanes) is 4. The summed E-state index contributed by atoms with van der Waals surface area (Å²) in [7, 11) is 0. The third-order valence-corrected chi connectivity index (χ3v) is 5.16. The van der Waals surface area contributed by atoms with Gasteiger partial charge in [-0.1, -0.05) is 75.1 Å². The zero-order chi connectivity index (χ0) is 22.3. The molecule has 0 spiro atoms. The first-order chi connectivity index (χ1) is 15.8. The summed E-state index contributed by atoms with van der Waals surface area (Å²) in [5.41, 5.74) is 2.14. The average Bonchev–Trinajstić information content (AvgIpc) is 2.84. The Balaban J connectivity index is 1.43. The van der Waals surface area contributed by atoms with Gasteiger partial charge in [-0.2, -0.15) is 0 Å². The van der Waals surface area contributed by atoms with Gasteiger partial charge in [0.05, 0.1) is 6.61 Å². The summed E-state index contributed by atoms with van der Waals surface area (Å²) in [6.45, 7) is 4.68. The number of hydrogen-bond donors (Lipinski definition) is 1. The smallest absolute Gasteiger partial charge is 0.124 e. The van der Waals surface area contributed by atoms with Gasteiger partial charge in [0.2, 0.25) is 0 Å². The highest BCUT2D eigenvalue weighted by molar-refractivity contribution is 5.49. The van der Waals surface area contributed by atoms with Crippen molar-refractivity contribution in [1.29, 1.82) is 0 Å². The van der Waals surface area contributed by atoms with E-state index in [0.29, 0.717) is 19.8 Å². The maximum Gasteiger partial charge on any atom is 0.124 e. The van der Waals surface area contributed by atoms with Gasteiger partial charge in [0.15, 0.2) is 0 Å². The van der Waals surface area contributed by atoms with Crippen molar-refractivity contribution in [3.05, 3.63) is 84.4 Å². The van der Waals surface area contributed by atoms with Crippen LogP contribution >= 0.6 is 0 Å². The number of benzene rings is 3. The first-order valence-electron chi connectivity index (χ1n) is 11.7. The molecule has 4 nitrogen and oxygen atoms in total. The van der Waals surface area contributed by atoms with Crippen molar-refractivity contribution in [2.24, 2.45) is 0 Å². The molecule has 0 radical (unpaired) electrons. The van der Waals surface area contributed by atoms with Crippen LogP contribution in [0, 0.1) is 0 Å². The lowest BCUT2D eigenvalue weighted by Gasteiger charge is -2.14. The van der Waals surface area contributed by atoms with E-state index in [4.69, 9.17) is 14.2 Å². The van der Waals surface area contributed by atoms with E-state index in [1.165, 1.54) is 25.7 Å². The molecule has 170 valence electrons. The largest absolute Gasteiger partial charge is 0.494 e. The number of ether oxygens (including phenoxy) is 3. The molecule has 0 aliphatic rings. The van der Waals surface area contributed by atoms with Gasteiger partial charge in [-0.25, -0.2) is 0 Å². The van der Waals surface area contributed by atoms with Gasteiger partial charge in [0.25, 0.3) is 0 Å². The lowest BCUT2D eigenvalue weighted by molar-refractivity contribution is 0.216. The molecule has 4 heteroatoms. The number of hydrogen-bond acceptors (Lipinski definition) is 4. The van der Waals surface area contributed by atoms with Crippen LogP contribution in [-0.4, -0.2) is 19.8 Å². The highest BCUT2D eigenvalue weighted by Crippen LogP contribution is 2.22. The van der Waals surface area contributed by atoms with Gasteiger partial charge in [-0.05, 0) is 36.8 Å². The normalized spacial score (nSPS) is 10.5. The molecule has 3 aromatic rings. The predicted octanol–water partition coefficient (Wildman–Crippen LogP) is 7.11. The molecular formula is C28H35NO3. The van der Waals surface area contributed by atoms with Crippen LogP contribution in [0.1, 0.15) is 44.6 Å². The van der Waals surface area contributed by atoms with Gasteiger partial charge in [-0.3, -0.25) is 0 Å². The summed E-state index contributed by atoms with van der Waals surface area (Å²) in [5, 5.41) is 3.49. The summed E-state index contributed by atoms with van der Waals surface area (Å²) in [6.07, 6.45) is 6.21. The second-order valence-electron chi connectivity index (χ2n) is 7.76. The van der Waals surface area contributed by atoms with E-state index in [0.717, 1.165) is 41.5 Å². The quantitative estimate of drug-likeness (QED) is 0.259. The zero-order valence-electron chi connectivity index (χ0n) is 19.1. The van der Waals surface area contributed by atoms with E-state index < -0.39 is 0 Å². The van der Waals surface area contributed by atoms with Crippen LogP contribution in [-0.2, 0) is 6.54 Å². The average molecular weight is 434 g/mol. The minimum atomic E-state index is 0.494. The minimum Gasteiger partial charge on any atom is -0.494 e. The van der Waals surface area contributed by atoms with E-state index >= 15 is 0 Å². The van der Waals surface area contributed by atoms with Crippen LogP contribution in [0.3, 0.4) is 0 Å². The maximum atomic E-state index is 5.97. The number of para-hydroxylation sites is 2. The van der Waals surface area contributed by atoms with Crippen molar-refractivity contribution in [1.82, 2.24) is 0 Å². The van der Waals surface area contributed by atoms with Crippen LogP contribution in [0.5, 0.6) is 17.2 Å². The fraction of sp³-hybridized carbons (Fsp3) is 0.357. The molecule has 0 aliphatic carbocycles. The highest BCUT2D eigenvalue weighted by Gasteiger charge is 2.04. The van der Waals surface area contributed by atoms with Crippen molar-refractivity contribution < 1.29 is 14.2 Å². The SMILES string of the molecule is CCCCCCCOc1cccc(NCc2ccccc2OCCOc2ccccc2)c1. The molecule has 0 fully saturated rings. The first-order valence-corrected chi connectivity index (χ1v) is 11.7. The molecule has 0 amide bonds. The number of anilines is 1. The molecule has 3 aromatic carbocycles. The van der Waals surface area contributed by atoms with Crippen molar-refractivity contribution >= 4 is 5.69 Å². The Labute approximate surface area is 192 Å². The molecule has 0 saturated heterocycles. The fourth-order valence-electron chi connectivity index (χ4n) is 3.41. The predicted molar refractivity (Wildman–Crippen MR) is 132 cm³/mol. The van der Waals surface area contributed by atoms with E-state index in [2.05, 4.69) is 30.4 Å². The molecule has 32 heavy (non-hydrogen) atoms. The third-order valence-electron chi connectivity index (χ3n) is 5.16. The lowest BCUT2D eigenvalue weighted by Crippen LogP contribution is -2.11. The molecule has 3 rings (SSSR count). The second kappa shape index (κ2) is 14.0. The monoisotopic (exact) mass is 433 g/mol. The lowest BCUT2D eigenvalue weighted by atomic mass is 10.2. The van der Waals surface area contributed by atoms with Gasteiger partial charge >= 0.3 is 0 Å². The third kappa shape index (κ3) is 8.54. The summed E-state index contributed by atoms with van der Waals surface area (Å²) >= 11 is 0. The zero-order valence-corrected chi connectivity index (χ0v) is 19.1. The summed E-state index contributed by atoms with van der Waals surface area (Å²) in [5.74, 6) is 2.64. The summed E-state index contributed by atoms with van der Waals surface area (Å²) in [4.78, 5) is 0. The number of rotatable bonds is 15. The summed E-state index contributed by atoms with van der Waals surface area (Å²) < 4.78 is 17.6. The Morgan fingerprint density at radius 3 is 2.22 bits per heavy atom. The number of nitrogens with one attached hydrogen (secondary N) is 1. The Hall–Kier alpha value is -3.14. The molecule has 0 aliphatic heterocycles. The molecule has 1 N–H and O–H groups in total. The van der Waals surface area contributed by atoms with E-state index in [1.807, 2.05) is 60.7 Å². The van der Waals surface area contributed by atoms with Gasteiger partial charge in [0, 0.05) is 23.9 Å². The Morgan fingerprint density at radius 2 is 1.34 bits per heavy atom. The first kappa shape index (κ1) is 23.5. The van der Waals surface area contributed by atoms with Crippen LogP contribution in [0.4, 0.5) is 5.69 Å². The Kier molecular flexibility index (Phi) is 10.3. The van der Waals surface area contributed by atoms with Crippen molar-refractivity contribution in [3.8, 4) is 17.2 Å².